The number of unbranched alkanes of at least 4 members (excludes halogenated alkanes) is 3. The van der Waals surface area contributed by atoms with Gasteiger partial charge in [0.2, 0.25) is 0 Å². The van der Waals surface area contributed by atoms with Crippen molar-refractivity contribution in [3.05, 3.63) is 35.3 Å². The first-order valence-electron chi connectivity index (χ1n) is 6.15. The minimum Gasteiger partial charge on any atom is -0.494 e. The Morgan fingerprint density at radius 1 is 1.25 bits per heavy atom. The first-order valence-corrected chi connectivity index (χ1v) is 6.15. The maximum Gasteiger partial charge on any atom is 0.194 e. The van der Waals surface area contributed by atoms with Gasteiger partial charge in [-0.1, -0.05) is 38.3 Å². The first kappa shape index (κ1) is 12.9. The molecule has 0 bridgehead atoms. The molecule has 0 radical (unpaired) electrons. The molecule has 1 rings (SSSR count). The molecule has 0 aromatic heterocycles. The smallest absolute Gasteiger partial charge is 0.194 e. The van der Waals surface area contributed by atoms with Crippen LogP contribution in [0.15, 0.2) is 35.3 Å². The fourth-order valence-corrected chi connectivity index (χ4v) is 1.88. The van der Waals surface area contributed by atoms with Gasteiger partial charge in [-0.2, -0.15) is 0 Å². The fraction of sp³-hybridized carbons (Fsp3) is 0.571. The van der Waals surface area contributed by atoms with E-state index in [0.717, 1.165) is 12.0 Å². The van der Waals surface area contributed by atoms with E-state index in [1.165, 1.54) is 31.3 Å². The van der Waals surface area contributed by atoms with Crippen molar-refractivity contribution in [3.63, 3.8) is 0 Å². The first-order chi connectivity index (χ1) is 7.66. The third-order valence-corrected chi connectivity index (χ3v) is 2.87. The summed E-state index contributed by atoms with van der Waals surface area (Å²) in [6.45, 7) is 2.22. The van der Waals surface area contributed by atoms with Gasteiger partial charge in [0.05, 0.1) is 0 Å². The van der Waals surface area contributed by atoms with Gasteiger partial charge in [0.15, 0.2) is 5.88 Å². The van der Waals surface area contributed by atoms with Crippen LogP contribution in [0.4, 0.5) is 0 Å². The summed E-state index contributed by atoms with van der Waals surface area (Å²) < 4.78 is 0. The Kier molecular flexibility index (Phi) is 5.17. The summed E-state index contributed by atoms with van der Waals surface area (Å²) in [5.74, 6) is 0.371. The van der Waals surface area contributed by atoms with Crippen LogP contribution in [0, 0.1) is 0 Å². The average molecular weight is 221 g/mol. The van der Waals surface area contributed by atoms with Gasteiger partial charge in [-0.05, 0) is 24.5 Å². The van der Waals surface area contributed by atoms with E-state index in [-0.39, 0.29) is 0 Å². The van der Waals surface area contributed by atoms with Crippen LogP contribution in [0.2, 0.25) is 0 Å². The Balaban J connectivity index is 2.52. The van der Waals surface area contributed by atoms with Gasteiger partial charge in [0.1, 0.15) is 0 Å². The highest BCUT2D eigenvalue weighted by Gasteiger charge is 2.12. The minimum absolute atomic E-state index is 0.371. The van der Waals surface area contributed by atoms with Crippen LogP contribution in [0.1, 0.15) is 39.0 Å². The molecule has 16 heavy (non-hydrogen) atoms. The van der Waals surface area contributed by atoms with E-state index in [1.807, 2.05) is 26.2 Å². The number of nitrogens with zero attached hydrogens (tertiary/aromatic N) is 1. The second-order valence-corrected chi connectivity index (χ2v) is 4.49. The zero-order chi connectivity index (χ0) is 12.0. The van der Waals surface area contributed by atoms with Crippen LogP contribution in [0.25, 0.3) is 0 Å². The molecule has 90 valence electrons. The maximum atomic E-state index is 9.91. The number of hydrogen-bond donors (Lipinski definition) is 1. The summed E-state index contributed by atoms with van der Waals surface area (Å²) in [5, 5.41) is 9.91. The third kappa shape index (κ3) is 3.44. The van der Waals surface area contributed by atoms with Gasteiger partial charge in [0.25, 0.3) is 0 Å². The van der Waals surface area contributed by atoms with Crippen molar-refractivity contribution < 1.29 is 5.11 Å². The van der Waals surface area contributed by atoms with Crippen molar-refractivity contribution in [3.8, 4) is 0 Å². The highest BCUT2D eigenvalue weighted by atomic mass is 16.3. The van der Waals surface area contributed by atoms with Gasteiger partial charge in [0, 0.05) is 19.7 Å². The predicted octanol–water partition coefficient (Wildman–Crippen LogP) is 3.78. The Hall–Kier alpha value is -1.18. The van der Waals surface area contributed by atoms with E-state index < -0.39 is 0 Å². The molecule has 0 aromatic carbocycles. The van der Waals surface area contributed by atoms with Crippen LogP contribution in [0.5, 0.6) is 0 Å². The van der Waals surface area contributed by atoms with Crippen LogP contribution in [0.3, 0.4) is 0 Å². The topological polar surface area (TPSA) is 23.5 Å². The lowest BCUT2D eigenvalue weighted by Gasteiger charge is -2.15. The van der Waals surface area contributed by atoms with Gasteiger partial charge in [-0.3, -0.25) is 0 Å². The predicted molar refractivity (Wildman–Crippen MR) is 69.3 cm³/mol. The van der Waals surface area contributed by atoms with Crippen molar-refractivity contribution in [2.75, 3.05) is 14.1 Å². The van der Waals surface area contributed by atoms with E-state index in [4.69, 9.17) is 0 Å². The lowest BCUT2D eigenvalue weighted by Crippen LogP contribution is -2.13. The van der Waals surface area contributed by atoms with Crippen LogP contribution < -0.4 is 0 Å². The second kappa shape index (κ2) is 6.41. The maximum absolute atomic E-state index is 9.91. The van der Waals surface area contributed by atoms with Gasteiger partial charge >= 0.3 is 0 Å². The van der Waals surface area contributed by atoms with Crippen molar-refractivity contribution in [2.45, 2.75) is 39.0 Å². The molecule has 0 heterocycles. The standard InChI is InChI=1S/C14H23NO/c1-4-5-6-7-9-12-10-8-11-13(12)14(16)15(2)3/h8,10-11,16H,4-7,9H2,1-3H3/b14-13-. The number of aliphatic hydroxyl groups is 1. The Labute approximate surface area is 99.0 Å². The van der Waals surface area contributed by atoms with Crippen molar-refractivity contribution in [1.29, 1.82) is 0 Å². The number of aliphatic hydroxyl groups excluding tert-OH is 1. The average Bonchev–Trinajstić information content (AvgIpc) is 2.71. The molecule has 0 spiro atoms. The quantitative estimate of drug-likeness (QED) is 0.545. The van der Waals surface area contributed by atoms with Gasteiger partial charge in [-0.25, -0.2) is 0 Å². The van der Waals surface area contributed by atoms with Crippen molar-refractivity contribution >= 4 is 0 Å². The molecule has 0 saturated carbocycles. The molecule has 0 fully saturated rings. The van der Waals surface area contributed by atoms with Gasteiger partial charge < -0.3 is 10.0 Å². The van der Waals surface area contributed by atoms with E-state index >= 15 is 0 Å². The molecular formula is C14H23NO. The number of rotatable bonds is 6. The zero-order valence-corrected chi connectivity index (χ0v) is 10.7. The lowest BCUT2D eigenvalue weighted by atomic mass is 10.0. The summed E-state index contributed by atoms with van der Waals surface area (Å²) in [6.07, 6.45) is 12.3. The Bertz CT molecular complexity index is 311. The molecule has 0 unspecified atom stereocenters. The molecule has 1 N–H and O–H groups in total. The molecule has 2 nitrogen and oxygen atoms in total. The summed E-state index contributed by atoms with van der Waals surface area (Å²) in [6, 6.07) is 0. The molecule has 0 atom stereocenters. The summed E-state index contributed by atoms with van der Waals surface area (Å²) in [5.41, 5.74) is 2.25. The van der Waals surface area contributed by atoms with Crippen LogP contribution in [-0.4, -0.2) is 24.1 Å². The van der Waals surface area contributed by atoms with E-state index in [0.29, 0.717) is 5.88 Å². The normalized spacial score (nSPS) is 17.6. The highest BCUT2D eigenvalue weighted by Crippen LogP contribution is 2.26. The fourth-order valence-electron chi connectivity index (χ4n) is 1.88. The minimum atomic E-state index is 0.371. The molecule has 0 amide bonds. The molecule has 1 aliphatic carbocycles. The summed E-state index contributed by atoms with van der Waals surface area (Å²) >= 11 is 0. The summed E-state index contributed by atoms with van der Waals surface area (Å²) in [4.78, 5) is 1.75. The SMILES string of the molecule is CCCCCCC1=CC=C/C1=C(/O)N(C)C. The number of hydrogen-bond acceptors (Lipinski definition) is 2. The lowest BCUT2D eigenvalue weighted by molar-refractivity contribution is 0.260. The van der Waals surface area contributed by atoms with E-state index in [2.05, 4.69) is 13.0 Å². The van der Waals surface area contributed by atoms with Crippen molar-refractivity contribution in [2.24, 2.45) is 0 Å². The van der Waals surface area contributed by atoms with Crippen LogP contribution >= 0.6 is 0 Å². The third-order valence-electron chi connectivity index (χ3n) is 2.87. The van der Waals surface area contributed by atoms with E-state index in [9.17, 15) is 5.11 Å². The highest BCUT2D eigenvalue weighted by molar-refractivity contribution is 5.49. The van der Waals surface area contributed by atoms with Gasteiger partial charge in [-0.15, -0.1) is 0 Å². The van der Waals surface area contributed by atoms with Crippen LogP contribution in [-0.2, 0) is 0 Å². The molecule has 0 aromatic rings. The molecule has 2 heteroatoms. The molecule has 0 saturated heterocycles. The molecular weight excluding hydrogens is 198 g/mol. The summed E-state index contributed by atoms with van der Waals surface area (Å²) in [7, 11) is 3.73. The molecule has 1 aliphatic rings. The Morgan fingerprint density at radius 3 is 2.62 bits per heavy atom. The largest absolute Gasteiger partial charge is 0.494 e. The number of allylic oxidation sites excluding steroid dienone is 5. The second-order valence-electron chi connectivity index (χ2n) is 4.49. The monoisotopic (exact) mass is 221 g/mol. The Morgan fingerprint density at radius 2 is 2.00 bits per heavy atom. The zero-order valence-electron chi connectivity index (χ0n) is 10.7. The van der Waals surface area contributed by atoms with Crippen molar-refractivity contribution in [1.82, 2.24) is 4.90 Å². The van der Waals surface area contributed by atoms with E-state index in [1.54, 1.807) is 4.90 Å². The molecule has 0 aliphatic heterocycles.